The van der Waals surface area contributed by atoms with E-state index in [1.807, 2.05) is 6.07 Å². The van der Waals surface area contributed by atoms with Crippen LogP contribution in [0.3, 0.4) is 0 Å². The van der Waals surface area contributed by atoms with Crippen LogP contribution in [0.25, 0.3) is 0 Å². The molecule has 3 rings (SSSR count). The van der Waals surface area contributed by atoms with Gasteiger partial charge in [-0.15, -0.1) is 0 Å². The fraction of sp³-hybridized carbons (Fsp3) is 0.500. The summed E-state index contributed by atoms with van der Waals surface area (Å²) in [5, 5.41) is 4.24. The Morgan fingerprint density at radius 1 is 1.30 bits per heavy atom. The van der Waals surface area contributed by atoms with Gasteiger partial charge in [-0.2, -0.15) is 4.98 Å². The molecule has 1 aromatic carbocycles. The molecule has 20 heavy (non-hydrogen) atoms. The molecule has 4 nitrogen and oxygen atoms in total. The Labute approximate surface area is 119 Å². The number of hydrogen-bond donors (Lipinski definition) is 1. The van der Waals surface area contributed by atoms with Crippen LogP contribution in [-0.2, 0) is 5.41 Å². The summed E-state index contributed by atoms with van der Waals surface area (Å²) in [6.45, 7) is 2.71. The van der Waals surface area contributed by atoms with Crippen molar-refractivity contribution in [1.29, 1.82) is 0 Å². The first-order valence-corrected chi connectivity index (χ1v) is 7.40. The zero-order chi connectivity index (χ0) is 14.0. The Kier molecular flexibility index (Phi) is 3.57. The van der Waals surface area contributed by atoms with Gasteiger partial charge in [0.1, 0.15) is 0 Å². The zero-order valence-corrected chi connectivity index (χ0v) is 11.9. The van der Waals surface area contributed by atoms with E-state index >= 15 is 0 Å². The van der Waals surface area contributed by atoms with Crippen molar-refractivity contribution in [3.8, 4) is 0 Å². The van der Waals surface area contributed by atoms with Crippen LogP contribution in [0.4, 0.5) is 0 Å². The summed E-state index contributed by atoms with van der Waals surface area (Å²) >= 11 is 0. The summed E-state index contributed by atoms with van der Waals surface area (Å²) in [5.74, 6) is 1.72. The van der Waals surface area contributed by atoms with Crippen molar-refractivity contribution in [2.75, 3.05) is 6.54 Å². The van der Waals surface area contributed by atoms with E-state index in [2.05, 4.69) is 41.3 Å². The normalized spacial score (nSPS) is 17.9. The van der Waals surface area contributed by atoms with Crippen molar-refractivity contribution >= 4 is 0 Å². The molecule has 1 atom stereocenters. The molecule has 0 saturated heterocycles. The highest BCUT2D eigenvalue weighted by molar-refractivity contribution is 5.38. The topological polar surface area (TPSA) is 64.9 Å². The van der Waals surface area contributed by atoms with Gasteiger partial charge in [0.2, 0.25) is 5.89 Å². The van der Waals surface area contributed by atoms with Gasteiger partial charge in [-0.25, -0.2) is 0 Å². The first-order chi connectivity index (χ1) is 9.80. The zero-order valence-electron chi connectivity index (χ0n) is 11.9. The Bertz CT molecular complexity index is 560. The van der Waals surface area contributed by atoms with Crippen molar-refractivity contribution in [2.45, 2.75) is 43.9 Å². The number of benzene rings is 1. The van der Waals surface area contributed by atoms with Crippen LogP contribution in [0.15, 0.2) is 34.9 Å². The molecule has 0 bridgehead atoms. The van der Waals surface area contributed by atoms with Crippen molar-refractivity contribution in [2.24, 2.45) is 5.73 Å². The SMILES string of the molecule is CCCC(CN)c1nc(C2(c3ccccc3)CC2)no1. The van der Waals surface area contributed by atoms with Crippen LogP contribution in [0.1, 0.15) is 55.8 Å². The minimum Gasteiger partial charge on any atom is -0.339 e. The average Bonchev–Trinajstić information content (AvgIpc) is 3.17. The van der Waals surface area contributed by atoms with E-state index in [4.69, 9.17) is 10.3 Å². The molecule has 0 radical (unpaired) electrons. The third kappa shape index (κ3) is 2.24. The van der Waals surface area contributed by atoms with Gasteiger partial charge in [-0.3, -0.25) is 0 Å². The van der Waals surface area contributed by atoms with E-state index in [-0.39, 0.29) is 11.3 Å². The standard InChI is InChI=1S/C16H21N3O/c1-2-6-12(11-17)14-18-15(19-20-14)16(9-10-16)13-7-4-3-5-8-13/h3-5,7-8,12H,2,6,9-11,17H2,1H3. The van der Waals surface area contributed by atoms with Gasteiger partial charge in [0, 0.05) is 6.54 Å². The molecule has 1 aliphatic carbocycles. The molecule has 106 valence electrons. The monoisotopic (exact) mass is 271 g/mol. The molecule has 0 aliphatic heterocycles. The minimum absolute atomic E-state index is 0.0195. The maximum Gasteiger partial charge on any atom is 0.231 e. The fourth-order valence-electron chi connectivity index (χ4n) is 2.81. The minimum atomic E-state index is -0.0195. The number of nitrogens with two attached hydrogens (primary N) is 1. The Morgan fingerprint density at radius 3 is 2.65 bits per heavy atom. The lowest BCUT2D eigenvalue weighted by Gasteiger charge is -2.10. The summed E-state index contributed by atoms with van der Waals surface area (Å²) in [7, 11) is 0. The van der Waals surface area contributed by atoms with Crippen molar-refractivity contribution < 1.29 is 4.52 Å². The predicted octanol–water partition coefficient (Wildman–Crippen LogP) is 2.99. The maximum absolute atomic E-state index is 5.81. The Balaban J connectivity index is 1.87. The quantitative estimate of drug-likeness (QED) is 0.877. The second kappa shape index (κ2) is 5.37. The van der Waals surface area contributed by atoms with Gasteiger partial charge in [0.15, 0.2) is 5.82 Å². The first-order valence-electron chi connectivity index (χ1n) is 7.40. The second-order valence-corrected chi connectivity index (χ2v) is 5.63. The number of aromatic nitrogens is 2. The molecular weight excluding hydrogens is 250 g/mol. The molecule has 4 heteroatoms. The summed E-state index contributed by atoms with van der Waals surface area (Å²) < 4.78 is 5.48. The highest BCUT2D eigenvalue weighted by atomic mass is 16.5. The van der Waals surface area contributed by atoms with Crippen molar-refractivity contribution in [3.05, 3.63) is 47.6 Å². The lowest BCUT2D eigenvalue weighted by atomic mass is 9.95. The summed E-state index contributed by atoms with van der Waals surface area (Å²) in [5.41, 5.74) is 7.07. The van der Waals surface area contributed by atoms with Crippen LogP contribution in [0.2, 0.25) is 0 Å². The summed E-state index contributed by atoms with van der Waals surface area (Å²) in [6, 6.07) is 10.5. The van der Waals surface area contributed by atoms with Crippen LogP contribution in [0.5, 0.6) is 0 Å². The highest BCUT2D eigenvalue weighted by Crippen LogP contribution is 2.52. The largest absolute Gasteiger partial charge is 0.339 e. The molecule has 1 aromatic heterocycles. The summed E-state index contributed by atoms with van der Waals surface area (Å²) in [4.78, 5) is 4.65. The first kappa shape index (κ1) is 13.3. The number of hydrogen-bond acceptors (Lipinski definition) is 4. The van der Waals surface area contributed by atoms with Crippen LogP contribution < -0.4 is 5.73 Å². The molecule has 1 fully saturated rings. The smallest absolute Gasteiger partial charge is 0.231 e. The highest BCUT2D eigenvalue weighted by Gasteiger charge is 2.50. The maximum atomic E-state index is 5.81. The summed E-state index contributed by atoms with van der Waals surface area (Å²) in [6.07, 6.45) is 4.26. The van der Waals surface area contributed by atoms with E-state index in [1.54, 1.807) is 0 Å². The molecule has 2 N–H and O–H groups in total. The molecule has 1 unspecified atom stereocenters. The Morgan fingerprint density at radius 2 is 2.05 bits per heavy atom. The van der Waals surface area contributed by atoms with Gasteiger partial charge in [0.25, 0.3) is 0 Å². The third-order valence-corrected chi connectivity index (χ3v) is 4.22. The van der Waals surface area contributed by atoms with E-state index < -0.39 is 0 Å². The van der Waals surface area contributed by atoms with Gasteiger partial charge < -0.3 is 10.3 Å². The van der Waals surface area contributed by atoms with Crippen LogP contribution in [0, 0.1) is 0 Å². The van der Waals surface area contributed by atoms with E-state index in [1.165, 1.54) is 5.56 Å². The average molecular weight is 271 g/mol. The van der Waals surface area contributed by atoms with Crippen LogP contribution in [-0.4, -0.2) is 16.7 Å². The lowest BCUT2D eigenvalue weighted by molar-refractivity contribution is 0.342. The lowest BCUT2D eigenvalue weighted by Crippen LogP contribution is -2.14. The Hall–Kier alpha value is -1.68. The molecule has 0 amide bonds. The predicted molar refractivity (Wildman–Crippen MR) is 77.5 cm³/mol. The second-order valence-electron chi connectivity index (χ2n) is 5.63. The van der Waals surface area contributed by atoms with Gasteiger partial charge in [-0.1, -0.05) is 48.8 Å². The molecule has 0 spiro atoms. The molecule has 1 aliphatic rings. The molecule has 1 saturated carbocycles. The van der Waals surface area contributed by atoms with Gasteiger partial charge >= 0.3 is 0 Å². The van der Waals surface area contributed by atoms with E-state index in [0.717, 1.165) is 31.5 Å². The van der Waals surface area contributed by atoms with E-state index in [0.29, 0.717) is 12.4 Å². The number of nitrogens with zero attached hydrogens (tertiary/aromatic N) is 2. The molecular formula is C16H21N3O. The van der Waals surface area contributed by atoms with Crippen LogP contribution >= 0.6 is 0 Å². The van der Waals surface area contributed by atoms with Gasteiger partial charge in [-0.05, 0) is 24.8 Å². The van der Waals surface area contributed by atoms with Crippen molar-refractivity contribution in [3.63, 3.8) is 0 Å². The third-order valence-electron chi connectivity index (χ3n) is 4.22. The molecule has 1 heterocycles. The van der Waals surface area contributed by atoms with E-state index in [9.17, 15) is 0 Å². The number of rotatable bonds is 6. The van der Waals surface area contributed by atoms with Gasteiger partial charge in [0.05, 0.1) is 11.3 Å². The fourth-order valence-corrected chi connectivity index (χ4v) is 2.81. The molecule has 2 aromatic rings. The van der Waals surface area contributed by atoms with Crippen molar-refractivity contribution in [1.82, 2.24) is 10.1 Å².